The molecule has 0 saturated carbocycles. The van der Waals surface area contributed by atoms with Crippen LogP contribution in [0.5, 0.6) is 5.75 Å². The lowest BCUT2D eigenvalue weighted by Gasteiger charge is -2.09. The molecule has 3 heteroatoms. The molecule has 0 bridgehead atoms. The Labute approximate surface area is 118 Å². The van der Waals surface area contributed by atoms with Crippen LogP contribution in [-0.4, -0.2) is 16.2 Å². The molecule has 2 N–H and O–H groups in total. The highest BCUT2D eigenvalue weighted by Gasteiger charge is 2.07. The molecule has 0 aliphatic heterocycles. The third kappa shape index (κ3) is 4.28. The highest BCUT2D eigenvalue weighted by molar-refractivity contribution is 5.78. The summed E-state index contributed by atoms with van der Waals surface area (Å²) in [7, 11) is 0. The van der Waals surface area contributed by atoms with Crippen LogP contribution in [0.4, 0.5) is 0 Å². The molecule has 2 aromatic carbocycles. The zero-order valence-electron chi connectivity index (χ0n) is 11.4. The molecule has 0 aliphatic rings. The molecule has 0 spiro atoms. The summed E-state index contributed by atoms with van der Waals surface area (Å²) in [5.41, 5.74) is 3.22. The predicted molar refractivity (Wildman–Crippen MR) is 80.8 cm³/mol. The van der Waals surface area contributed by atoms with E-state index in [0.717, 1.165) is 23.6 Å². The van der Waals surface area contributed by atoms with E-state index < -0.39 is 5.97 Å². The van der Waals surface area contributed by atoms with Crippen LogP contribution in [0.2, 0.25) is 0 Å². The first kappa shape index (κ1) is 15.5. The number of hydrogen-bond donors (Lipinski definition) is 2. The van der Waals surface area contributed by atoms with Crippen molar-refractivity contribution in [3.05, 3.63) is 66.7 Å². The SMILES string of the molecule is C=CC(=O)O.CCc1cccc(O)c1-c1ccccc1. The second kappa shape index (κ2) is 7.79. The smallest absolute Gasteiger partial charge is 0.327 e. The van der Waals surface area contributed by atoms with Crippen molar-refractivity contribution in [1.82, 2.24) is 0 Å². The summed E-state index contributed by atoms with van der Waals surface area (Å²) in [6, 6.07) is 15.7. The number of carboxylic acid groups (broad SMARTS) is 1. The number of phenols is 1. The van der Waals surface area contributed by atoms with Crippen molar-refractivity contribution in [2.24, 2.45) is 0 Å². The van der Waals surface area contributed by atoms with Crippen molar-refractivity contribution in [3.8, 4) is 16.9 Å². The molecule has 0 amide bonds. The molecule has 0 aromatic heterocycles. The van der Waals surface area contributed by atoms with Crippen molar-refractivity contribution < 1.29 is 15.0 Å². The van der Waals surface area contributed by atoms with Gasteiger partial charge in [-0.3, -0.25) is 0 Å². The number of hydrogen-bond acceptors (Lipinski definition) is 2. The number of benzene rings is 2. The van der Waals surface area contributed by atoms with Crippen LogP contribution in [0.25, 0.3) is 11.1 Å². The third-order valence-corrected chi connectivity index (χ3v) is 2.75. The average molecular weight is 270 g/mol. The van der Waals surface area contributed by atoms with Gasteiger partial charge in [-0.1, -0.05) is 56.0 Å². The molecular formula is C17H18O3. The van der Waals surface area contributed by atoms with Crippen molar-refractivity contribution in [1.29, 1.82) is 0 Å². The van der Waals surface area contributed by atoms with Gasteiger partial charge in [0.1, 0.15) is 5.75 Å². The lowest BCUT2D eigenvalue weighted by Crippen LogP contribution is -1.87. The molecule has 3 nitrogen and oxygen atoms in total. The Morgan fingerprint density at radius 1 is 1.15 bits per heavy atom. The molecule has 0 atom stereocenters. The number of carboxylic acids is 1. The fraction of sp³-hybridized carbons (Fsp3) is 0.118. The van der Waals surface area contributed by atoms with Gasteiger partial charge in [-0.15, -0.1) is 0 Å². The predicted octanol–water partition coefficient (Wildman–Crippen LogP) is 3.88. The van der Waals surface area contributed by atoms with E-state index in [-0.39, 0.29) is 0 Å². The van der Waals surface area contributed by atoms with Gasteiger partial charge in [0.25, 0.3) is 0 Å². The largest absolute Gasteiger partial charge is 0.507 e. The second-order valence-electron chi connectivity index (χ2n) is 4.07. The van der Waals surface area contributed by atoms with Crippen LogP contribution < -0.4 is 0 Å². The van der Waals surface area contributed by atoms with Gasteiger partial charge in [-0.05, 0) is 23.6 Å². The summed E-state index contributed by atoms with van der Waals surface area (Å²) in [5, 5.41) is 17.5. The molecule has 20 heavy (non-hydrogen) atoms. The highest BCUT2D eigenvalue weighted by Crippen LogP contribution is 2.32. The first-order valence-electron chi connectivity index (χ1n) is 6.31. The van der Waals surface area contributed by atoms with Crippen LogP contribution in [0.1, 0.15) is 12.5 Å². The van der Waals surface area contributed by atoms with E-state index in [0.29, 0.717) is 5.75 Å². The number of phenolic OH excluding ortho intramolecular Hbond substituents is 1. The highest BCUT2D eigenvalue weighted by atomic mass is 16.4. The van der Waals surface area contributed by atoms with E-state index in [1.807, 2.05) is 36.4 Å². The van der Waals surface area contributed by atoms with Gasteiger partial charge in [0, 0.05) is 11.6 Å². The fourth-order valence-corrected chi connectivity index (χ4v) is 1.82. The van der Waals surface area contributed by atoms with E-state index in [1.165, 1.54) is 5.56 Å². The summed E-state index contributed by atoms with van der Waals surface area (Å²) in [5.74, 6) is -0.620. The Morgan fingerprint density at radius 3 is 2.25 bits per heavy atom. The van der Waals surface area contributed by atoms with Crippen molar-refractivity contribution >= 4 is 5.97 Å². The third-order valence-electron chi connectivity index (χ3n) is 2.75. The molecule has 2 aromatic rings. The van der Waals surface area contributed by atoms with Gasteiger partial charge in [-0.25, -0.2) is 4.79 Å². The van der Waals surface area contributed by atoms with E-state index in [2.05, 4.69) is 19.6 Å². The van der Waals surface area contributed by atoms with Crippen molar-refractivity contribution in [3.63, 3.8) is 0 Å². The van der Waals surface area contributed by atoms with Crippen LogP contribution in [0.3, 0.4) is 0 Å². The maximum absolute atomic E-state index is 9.88. The van der Waals surface area contributed by atoms with Crippen molar-refractivity contribution in [2.45, 2.75) is 13.3 Å². The summed E-state index contributed by atoms with van der Waals surface area (Å²) >= 11 is 0. The zero-order chi connectivity index (χ0) is 15.0. The minimum Gasteiger partial charge on any atom is -0.507 e. The molecule has 2 rings (SSSR count). The van der Waals surface area contributed by atoms with Crippen molar-refractivity contribution in [2.75, 3.05) is 0 Å². The Kier molecular flexibility index (Phi) is 6.04. The average Bonchev–Trinajstić information content (AvgIpc) is 2.48. The maximum Gasteiger partial charge on any atom is 0.327 e. The van der Waals surface area contributed by atoms with E-state index in [1.54, 1.807) is 6.07 Å². The number of aryl methyl sites for hydroxylation is 1. The molecule has 0 radical (unpaired) electrons. The summed E-state index contributed by atoms with van der Waals surface area (Å²) in [6.45, 7) is 5.06. The van der Waals surface area contributed by atoms with Crippen LogP contribution in [-0.2, 0) is 11.2 Å². The van der Waals surface area contributed by atoms with Gasteiger partial charge in [0.2, 0.25) is 0 Å². The number of aliphatic carboxylic acids is 1. The lowest BCUT2D eigenvalue weighted by atomic mass is 9.97. The fourth-order valence-electron chi connectivity index (χ4n) is 1.82. The van der Waals surface area contributed by atoms with Crippen LogP contribution in [0.15, 0.2) is 61.2 Å². The van der Waals surface area contributed by atoms with E-state index in [4.69, 9.17) is 5.11 Å². The topological polar surface area (TPSA) is 57.5 Å². The van der Waals surface area contributed by atoms with E-state index >= 15 is 0 Å². The van der Waals surface area contributed by atoms with Crippen LogP contribution in [0, 0.1) is 0 Å². The molecule has 0 saturated heterocycles. The number of rotatable bonds is 3. The molecule has 104 valence electrons. The minimum atomic E-state index is -0.981. The van der Waals surface area contributed by atoms with Gasteiger partial charge in [-0.2, -0.15) is 0 Å². The molecule has 0 aliphatic carbocycles. The molecule has 0 unspecified atom stereocenters. The Morgan fingerprint density at radius 2 is 1.75 bits per heavy atom. The lowest BCUT2D eigenvalue weighted by molar-refractivity contribution is -0.131. The molecule has 0 heterocycles. The van der Waals surface area contributed by atoms with Crippen LogP contribution >= 0.6 is 0 Å². The maximum atomic E-state index is 9.88. The summed E-state index contributed by atoms with van der Waals surface area (Å²) < 4.78 is 0. The quantitative estimate of drug-likeness (QED) is 0.832. The Balaban J connectivity index is 0.000000347. The Hall–Kier alpha value is -2.55. The number of carbonyl (C=O) groups is 1. The van der Waals surface area contributed by atoms with Gasteiger partial charge in [0.05, 0.1) is 0 Å². The van der Waals surface area contributed by atoms with E-state index in [9.17, 15) is 9.90 Å². The monoisotopic (exact) mass is 270 g/mol. The van der Waals surface area contributed by atoms with Gasteiger partial charge in [0.15, 0.2) is 0 Å². The standard InChI is InChI=1S/C14H14O.C3H4O2/c1-2-11-9-6-10-13(15)14(11)12-7-4-3-5-8-12;1-2-3(4)5/h3-10,15H,2H2,1H3;2H,1H2,(H,4,5). The molecular weight excluding hydrogens is 252 g/mol. The Bertz CT molecular complexity index is 574. The minimum absolute atomic E-state index is 0.362. The second-order valence-corrected chi connectivity index (χ2v) is 4.07. The summed E-state index contributed by atoms with van der Waals surface area (Å²) in [4.78, 5) is 9.25. The van der Waals surface area contributed by atoms with Gasteiger partial charge >= 0.3 is 5.97 Å². The first-order valence-corrected chi connectivity index (χ1v) is 6.31. The molecule has 0 fully saturated rings. The number of aromatic hydroxyl groups is 1. The zero-order valence-corrected chi connectivity index (χ0v) is 11.4. The summed E-state index contributed by atoms with van der Waals surface area (Å²) in [6.07, 6.45) is 1.76. The van der Waals surface area contributed by atoms with Gasteiger partial charge < -0.3 is 10.2 Å². The first-order chi connectivity index (χ1) is 9.60. The normalized spacial score (nSPS) is 9.25.